The molecule has 0 rings (SSSR count). The summed E-state index contributed by atoms with van der Waals surface area (Å²) < 4.78 is 5.47. The minimum Gasteiger partial charge on any atom is -0.466 e. The van der Waals surface area contributed by atoms with Gasteiger partial charge in [0.05, 0.1) is 25.4 Å². The molecule has 0 bridgehead atoms. The number of hydrogen-bond acceptors (Lipinski definition) is 5. The first-order chi connectivity index (χ1) is 32.0. The van der Waals surface area contributed by atoms with Gasteiger partial charge in [-0.2, -0.15) is 0 Å². The predicted octanol–water partition coefficient (Wildman–Crippen LogP) is 18.1. The maximum Gasteiger partial charge on any atom is 0.305 e. The summed E-state index contributed by atoms with van der Waals surface area (Å²) in [5, 5.41) is 23.3. The Morgan fingerprint density at radius 2 is 0.723 bits per heavy atom. The standard InChI is InChI=1S/C59H115NO5/c1-3-5-7-9-11-13-15-17-19-21-22-24-25-27-31-35-39-43-47-51-57(62)56(55-61)60-58(63)52-48-44-40-36-32-29-30-34-38-42-46-50-54-65-59(64)53-49-45-41-37-33-28-26-23-20-18-16-14-12-10-8-6-4-2/h30,34,56-57,61-62H,3-29,31-33,35-55H2,1-2H3,(H,60,63)/b34-30-. The van der Waals surface area contributed by atoms with Crippen LogP contribution in [0.2, 0.25) is 0 Å². The van der Waals surface area contributed by atoms with Crippen molar-refractivity contribution in [3.8, 4) is 0 Å². The summed E-state index contributed by atoms with van der Waals surface area (Å²) in [6.07, 6.45) is 64.9. The fourth-order valence-corrected chi connectivity index (χ4v) is 9.28. The molecule has 0 aromatic rings. The number of esters is 1. The van der Waals surface area contributed by atoms with Gasteiger partial charge >= 0.3 is 5.97 Å². The molecule has 6 heteroatoms. The molecule has 0 radical (unpaired) electrons. The molecule has 0 aliphatic heterocycles. The average molecular weight is 919 g/mol. The molecular formula is C59H115NO5. The summed E-state index contributed by atoms with van der Waals surface area (Å²) >= 11 is 0. The highest BCUT2D eigenvalue weighted by Gasteiger charge is 2.20. The second-order valence-electron chi connectivity index (χ2n) is 20.3. The molecule has 2 atom stereocenters. The molecule has 65 heavy (non-hydrogen) atoms. The molecule has 0 saturated carbocycles. The van der Waals surface area contributed by atoms with Crippen molar-refractivity contribution in [2.24, 2.45) is 0 Å². The van der Waals surface area contributed by atoms with Crippen LogP contribution in [-0.4, -0.2) is 47.4 Å². The number of rotatable bonds is 55. The molecule has 0 fully saturated rings. The fourth-order valence-electron chi connectivity index (χ4n) is 9.28. The van der Waals surface area contributed by atoms with Crippen molar-refractivity contribution in [1.29, 1.82) is 0 Å². The van der Waals surface area contributed by atoms with Crippen LogP contribution in [0.15, 0.2) is 12.2 Å². The molecule has 2 unspecified atom stereocenters. The molecule has 0 aliphatic rings. The zero-order valence-corrected chi connectivity index (χ0v) is 44.0. The normalized spacial score (nSPS) is 12.6. The van der Waals surface area contributed by atoms with E-state index in [4.69, 9.17) is 4.74 Å². The van der Waals surface area contributed by atoms with Crippen LogP contribution in [0.3, 0.4) is 0 Å². The van der Waals surface area contributed by atoms with Crippen LogP contribution in [0, 0.1) is 0 Å². The highest BCUT2D eigenvalue weighted by atomic mass is 16.5. The Bertz CT molecular complexity index is 970. The van der Waals surface area contributed by atoms with Crippen molar-refractivity contribution in [2.45, 2.75) is 341 Å². The second kappa shape index (κ2) is 55.2. The molecule has 1 amide bonds. The monoisotopic (exact) mass is 918 g/mol. The molecule has 6 nitrogen and oxygen atoms in total. The topological polar surface area (TPSA) is 95.9 Å². The van der Waals surface area contributed by atoms with Gasteiger partial charge in [0.1, 0.15) is 0 Å². The molecule has 0 aromatic heterocycles. The zero-order valence-electron chi connectivity index (χ0n) is 44.0. The van der Waals surface area contributed by atoms with E-state index in [1.165, 1.54) is 218 Å². The number of carbonyl (C=O) groups is 2. The molecule has 0 heterocycles. The van der Waals surface area contributed by atoms with Gasteiger partial charge in [0.15, 0.2) is 0 Å². The van der Waals surface area contributed by atoms with Crippen LogP contribution in [0.25, 0.3) is 0 Å². The Balaban J connectivity index is 3.47. The minimum absolute atomic E-state index is 0.0178. The lowest BCUT2D eigenvalue weighted by Gasteiger charge is -2.22. The third-order valence-electron chi connectivity index (χ3n) is 13.8. The number of ether oxygens (including phenoxy) is 1. The van der Waals surface area contributed by atoms with Crippen molar-refractivity contribution >= 4 is 11.9 Å². The van der Waals surface area contributed by atoms with Gasteiger partial charge in [0.25, 0.3) is 0 Å². The summed E-state index contributed by atoms with van der Waals surface area (Å²) in [5.41, 5.74) is 0. The highest BCUT2D eigenvalue weighted by Crippen LogP contribution is 2.18. The summed E-state index contributed by atoms with van der Waals surface area (Å²) in [4.78, 5) is 24.6. The lowest BCUT2D eigenvalue weighted by atomic mass is 10.0. The Morgan fingerprint density at radius 1 is 0.415 bits per heavy atom. The van der Waals surface area contributed by atoms with Crippen LogP contribution in [0.4, 0.5) is 0 Å². The Labute approximate surface area is 406 Å². The molecule has 386 valence electrons. The summed E-state index contributed by atoms with van der Waals surface area (Å²) in [7, 11) is 0. The molecule has 0 aliphatic carbocycles. The van der Waals surface area contributed by atoms with Gasteiger partial charge in [-0.1, -0.05) is 270 Å². The zero-order chi connectivity index (χ0) is 47.2. The summed E-state index contributed by atoms with van der Waals surface area (Å²) in [6, 6.07) is -0.560. The number of aliphatic hydroxyl groups is 2. The van der Waals surface area contributed by atoms with E-state index in [-0.39, 0.29) is 18.5 Å². The maximum atomic E-state index is 12.5. The number of nitrogens with one attached hydrogen (secondary N) is 1. The smallest absolute Gasteiger partial charge is 0.305 e. The van der Waals surface area contributed by atoms with E-state index in [9.17, 15) is 19.8 Å². The van der Waals surface area contributed by atoms with Gasteiger partial charge in [-0.15, -0.1) is 0 Å². The van der Waals surface area contributed by atoms with Crippen LogP contribution >= 0.6 is 0 Å². The summed E-state index contributed by atoms with van der Waals surface area (Å²) in [5.74, 6) is -0.0752. The van der Waals surface area contributed by atoms with Crippen LogP contribution in [0.5, 0.6) is 0 Å². The number of aliphatic hydroxyl groups excluding tert-OH is 2. The van der Waals surface area contributed by atoms with Crippen molar-refractivity contribution in [1.82, 2.24) is 5.32 Å². The van der Waals surface area contributed by atoms with Crippen molar-refractivity contribution in [3.05, 3.63) is 12.2 Å². The summed E-state index contributed by atoms with van der Waals surface area (Å²) in [6.45, 7) is 4.92. The first kappa shape index (κ1) is 63.6. The number of hydrogen-bond donors (Lipinski definition) is 3. The Kier molecular flexibility index (Phi) is 54.0. The largest absolute Gasteiger partial charge is 0.466 e. The van der Waals surface area contributed by atoms with Gasteiger partial charge in [0.2, 0.25) is 5.91 Å². The maximum absolute atomic E-state index is 12.5. The molecule has 0 spiro atoms. The Morgan fingerprint density at radius 3 is 1.09 bits per heavy atom. The average Bonchev–Trinajstić information content (AvgIpc) is 3.31. The van der Waals surface area contributed by atoms with Crippen molar-refractivity contribution in [2.75, 3.05) is 13.2 Å². The van der Waals surface area contributed by atoms with Gasteiger partial charge in [-0.25, -0.2) is 0 Å². The van der Waals surface area contributed by atoms with Crippen molar-refractivity contribution in [3.63, 3.8) is 0 Å². The van der Waals surface area contributed by atoms with E-state index < -0.39 is 12.1 Å². The highest BCUT2D eigenvalue weighted by molar-refractivity contribution is 5.76. The first-order valence-corrected chi connectivity index (χ1v) is 29.4. The third kappa shape index (κ3) is 51.8. The van der Waals surface area contributed by atoms with E-state index in [2.05, 4.69) is 31.3 Å². The van der Waals surface area contributed by atoms with Gasteiger partial charge in [-0.3, -0.25) is 9.59 Å². The SMILES string of the molecule is CCCCCCCCCCCCCCCCCCCCCC(O)C(CO)NC(=O)CCCCCCC/C=C\CCCCCOC(=O)CCCCCCCCCCCCCCCCCCC. The lowest BCUT2D eigenvalue weighted by Crippen LogP contribution is -2.45. The number of carbonyl (C=O) groups excluding carboxylic acids is 2. The number of unbranched alkanes of at least 4 members (excludes halogenated alkanes) is 42. The quantitative estimate of drug-likeness (QED) is 0.0321. The molecule has 0 aromatic carbocycles. The van der Waals surface area contributed by atoms with E-state index in [1.54, 1.807) is 0 Å². The molecule has 3 N–H and O–H groups in total. The molecular weight excluding hydrogens is 803 g/mol. The van der Waals surface area contributed by atoms with E-state index in [1.807, 2.05) is 0 Å². The van der Waals surface area contributed by atoms with Crippen LogP contribution < -0.4 is 5.32 Å². The number of amides is 1. The van der Waals surface area contributed by atoms with E-state index in [0.717, 1.165) is 77.0 Å². The van der Waals surface area contributed by atoms with E-state index >= 15 is 0 Å². The van der Waals surface area contributed by atoms with Gasteiger partial charge < -0.3 is 20.3 Å². The predicted molar refractivity (Wildman–Crippen MR) is 283 cm³/mol. The van der Waals surface area contributed by atoms with Crippen LogP contribution in [0.1, 0.15) is 328 Å². The Hall–Kier alpha value is -1.40. The van der Waals surface area contributed by atoms with Gasteiger partial charge in [0, 0.05) is 12.8 Å². The number of allylic oxidation sites excluding steroid dienone is 2. The lowest BCUT2D eigenvalue weighted by molar-refractivity contribution is -0.143. The second-order valence-corrected chi connectivity index (χ2v) is 20.3. The minimum atomic E-state index is -0.680. The fraction of sp³-hybridized carbons (Fsp3) is 0.932. The van der Waals surface area contributed by atoms with Crippen LogP contribution in [-0.2, 0) is 14.3 Å². The van der Waals surface area contributed by atoms with Crippen molar-refractivity contribution < 1.29 is 24.5 Å². The first-order valence-electron chi connectivity index (χ1n) is 29.4. The third-order valence-corrected chi connectivity index (χ3v) is 13.8. The van der Waals surface area contributed by atoms with Gasteiger partial charge in [-0.05, 0) is 57.8 Å². The molecule has 0 saturated heterocycles. The van der Waals surface area contributed by atoms with E-state index in [0.29, 0.717) is 25.9 Å².